The van der Waals surface area contributed by atoms with Gasteiger partial charge in [-0.1, -0.05) is 6.42 Å². The van der Waals surface area contributed by atoms with E-state index in [0.717, 1.165) is 32.1 Å². The van der Waals surface area contributed by atoms with E-state index >= 15 is 0 Å². The molecular weight excluding hydrogens is 410 g/mol. The Hall–Kier alpha value is -2.28. The molecule has 0 aromatic carbocycles. The fraction of sp³-hybridized carbons (Fsp3) is 0.611. The smallest absolute Gasteiger partial charge is 0.230 e. The van der Waals surface area contributed by atoms with Crippen LogP contribution >= 0.6 is 0 Å². The number of aromatic amines is 1. The molecule has 2 bridgehead atoms. The van der Waals surface area contributed by atoms with E-state index in [0.29, 0.717) is 29.2 Å². The van der Waals surface area contributed by atoms with Gasteiger partial charge in [-0.15, -0.1) is 0 Å². The number of nitrogens with one attached hydrogen (secondary N) is 2. The van der Waals surface area contributed by atoms with Gasteiger partial charge in [-0.25, -0.2) is 4.31 Å². The summed E-state index contributed by atoms with van der Waals surface area (Å²) in [7, 11) is 3.47. The van der Waals surface area contributed by atoms with Crippen LogP contribution in [0.2, 0.25) is 0 Å². The zero-order valence-electron chi connectivity index (χ0n) is 16.9. The third-order valence-corrected chi connectivity index (χ3v) is 6.82. The maximum Gasteiger partial charge on any atom is 0.230 e. The first-order valence-electron chi connectivity index (χ1n) is 9.94. The Labute approximate surface area is 177 Å². The van der Waals surface area contributed by atoms with Crippen LogP contribution in [-0.2, 0) is 17.9 Å². The number of aromatic nitrogens is 4. The molecule has 12 heteroatoms. The van der Waals surface area contributed by atoms with E-state index < -0.39 is 11.3 Å². The quantitative estimate of drug-likeness (QED) is 0.543. The van der Waals surface area contributed by atoms with Crippen molar-refractivity contribution < 1.29 is 18.6 Å². The highest BCUT2D eigenvalue weighted by molar-refractivity contribution is 7.76. The van der Waals surface area contributed by atoms with Crippen LogP contribution in [-0.4, -0.2) is 70.6 Å². The lowest BCUT2D eigenvalue weighted by Crippen LogP contribution is -2.57. The molecule has 30 heavy (non-hydrogen) atoms. The third-order valence-electron chi connectivity index (χ3n) is 5.88. The molecule has 2 fully saturated rings. The van der Waals surface area contributed by atoms with Crippen LogP contribution in [0.4, 0.5) is 17.6 Å². The third kappa shape index (κ3) is 4.26. The van der Waals surface area contributed by atoms with Gasteiger partial charge in [0.1, 0.15) is 5.82 Å². The molecule has 0 aliphatic carbocycles. The van der Waals surface area contributed by atoms with Crippen LogP contribution in [0.1, 0.15) is 37.8 Å². The number of aliphatic hydroxyl groups is 1. The minimum atomic E-state index is -2.19. The summed E-state index contributed by atoms with van der Waals surface area (Å²) in [6, 6.07) is 3.53. The molecule has 2 aliphatic rings. The molecular formula is C18H26N7O4S-. The minimum absolute atomic E-state index is 0.0208. The summed E-state index contributed by atoms with van der Waals surface area (Å²) in [5.41, 5.74) is 0.588. The topological polar surface area (TPSA) is 143 Å². The Morgan fingerprint density at radius 1 is 1.33 bits per heavy atom. The highest BCUT2D eigenvalue weighted by Crippen LogP contribution is 2.37. The number of anilines is 3. The lowest BCUT2D eigenvalue weighted by Gasteiger charge is -2.50. The van der Waals surface area contributed by atoms with Crippen LogP contribution in [0.5, 0.6) is 5.88 Å². The second-order valence-corrected chi connectivity index (χ2v) is 8.56. The molecule has 4 rings (SSSR count). The van der Waals surface area contributed by atoms with E-state index in [4.69, 9.17) is 4.74 Å². The number of ether oxygens (including phenoxy) is 1. The normalized spacial score (nSPS) is 25.0. The summed E-state index contributed by atoms with van der Waals surface area (Å²) in [5, 5.41) is 19.1. The standard InChI is InChI=1S/C18H27N7O4S/c1-24(14-7-12-4-3-5-13(8-14)25(12)30(27)28)18-20-15(9-17(21-18)29-2)19-16-6-11(10-26)22-23-16/h6,9,12-14,26H,3-5,7-8,10H2,1-2H3,(H,27,28)(H2,19,20,21,22,23)/p-1/t12-,13+,14?. The average Bonchev–Trinajstić information content (AvgIpc) is 3.19. The highest BCUT2D eigenvalue weighted by atomic mass is 32.2. The van der Waals surface area contributed by atoms with Crippen LogP contribution in [0.3, 0.4) is 0 Å². The molecule has 2 aliphatic heterocycles. The molecule has 164 valence electrons. The summed E-state index contributed by atoms with van der Waals surface area (Å²) >= 11 is -2.19. The van der Waals surface area contributed by atoms with E-state index in [1.54, 1.807) is 23.5 Å². The van der Waals surface area contributed by atoms with Crippen LogP contribution in [0.15, 0.2) is 12.1 Å². The van der Waals surface area contributed by atoms with Crippen molar-refractivity contribution in [3.05, 3.63) is 17.8 Å². The Balaban J connectivity index is 1.54. The predicted molar refractivity (Wildman–Crippen MR) is 110 cm³/mol. The molecule has 3 N–H and O–H groups in total. The fourth-order valence-corrected chi connectivity index (χ4v) is 5.28. The number of methoxy groups -OCH3 is 1. The van der Waals surface area contributed by atoms with Crippen molar-refractivity contribution >= 4 is 28.9 Å². The average molecular weight is 437 g/mol. The molecule has 11 nitrogen and oxygen atoms in total. The maximum atomic E-state index is 11.7. The highest BCUT2D eigenvalue weighted by Gasteiger charge is 2.40. The second-order valence-electron chi connectivity index (χ2n) is 7.71. The summed E-state index contributed by atoms with van der Waals surface area (Å²) in [4.78, 5) is 11.1. The molecule has 2 unspecified atom stereocenters. The van der Waals surface area contributed by atoms with Crippen molar-refractivity contribution in [1.82, 2.24) is 24.5 Å². The van der Waals surface area contributed by atoms with Crippen LogP contribution < -0.4 is 15.0 Å². The number of nitrogens with zero attached hydrogens (tertiary/aromatic N) is 5. The van der Waals surface area contributed by atoms with E-state index in [1.807, 2.05) is 11.9 Å². The van der Waals surface area contributed by atoms with Gasteiger partial charge in [-0.2, -0.15) is 15.1 Å². The Morgan fingerprint density at radius 2 is 2.07 bits per heavy atom. The number of hydrogen-bond donors (Lipinski definition) is 3. The Kier molecular flexibility index (Phi) is 6.18. The molecule has 0 amide bonds. The van der Waals surface area contributed by atoms with Gasteiger partial charge in [0.2, 0.25) is 11.8 Å². The minimum Gasteiger partial charge on any atom is -0.760 e. The lowest BCUT2D eigenvalue weighted by atomic mass is 9.83. The second kappa shape index (κ2) is 8.84. The number of rotatable bonds is 7. The number of H-pyrrole nitrogens is 1. The molecule has 0 radical (unpaired) electrons. The van der Waals surface area contributed by atoms with Crippen molar-refractivity contribution in [3.8, 4) is 5.88 Å². The largest absolute Gasteiger partial charge is 0.760 e. The van der Waals surface area contributed by atoms with Crippen LogP contribution in [0, 0.1) is 0 Å². The summed E-state index contributed by atoms with van der Waals surface area (Å²) in [6.07, 6.45) is 4.30. The van der Waals surface area contributed by atoms with Crippen molar-refractivity contribution in [2.24, 2.45) is 0 Å². The molecule has 2 aromatic heterocycles. The van der Waals surface area contributed by atoms with Crippen molar-refractivity contribution in [2.45, 2.75) is 56.8 Å². The molecule has 4 atom stereocenters. The van der Waals surface area contributed by atoms with Gasteiger partial charge < -0.3 is 24.6 Å². The Bertz CT molecular complexity index is 896. The molecule has 0 spiro atoms. The van der Waals surface area contributed by atoms with E-state index in [-0.39, 0.29) is 24.7 Å². The number of aliphatic hydroxyl groups excluding tert-OH is 1. The molecule has 2 aromatic rings. The van der Waals surface area contributed by atoms with Crippen LogP contribution in [0.25, 0.3) is 0 Å². The van der Waals surface area contributed by atoms with E-state index in [9.17, 15) is 13.9 Å². The number of fused-ring (bicyclic) bond motifs is 2. The molecule has 2 saturated heterocycles. The number of piperidine rings is 2. The van der Waals surface area contributed by atoms with Gasteiger partial charge in [0.15, 0.2) is 5.82 Å². The van der Waals surface area contributed by atoms with Gasteiger partial charge in [-0.3, -0.25) is 9.31 Å². The summed E-state index contributed by atoms with van der Waals surface area (Å²) in [5.74, 6) is 1.94. The zero-order chi connectivity index (χ0) is 21.3. The van der Waals surface area contributed by atoms with Crippen molar-refractivity contribution in [1.29, 1.82) is 0 Å². The van der Waals surface area contributed by atoms with Crippen molar-refractivity contribution in [3.63, 3.8) is 0 Å². The van der Waals surface area contributed by atoms with Gasteiger partial charge in [0, 0.05) is 48.6 Å². The maximum absolute atomic E-state index is 11.7. The fourth-order valence-electron chi connectivity index (χ4n) is 4.41. The molecule has 0 saturated carbocycles. The predicted octanol–water partition coefficient (Wildman–Crippen LogP) is 1.06. The first-order chi connectivity index (χ1) is 14.5. The summed E-state index contributed by atoms with van der Waals surface area (Å²) < 4.78 is 30.3. The first-order valence-corrected chi connectivity index (χ1v) is 11.0. The van der Waals surface area contributed by atoms with E-state index in [1.165, 1.54) is 0 Å². The van der Waals surface area contributed by atoms with E-state index in [2.05, 4.69) is 25.5 Å². The SMILES string of the molecule is COc1cc(Nc2cc(CO)[nH]n2)nc(N(C)C2C[C@H]3CCC[C@@H](C2)N3S(=O)[O-])n1. The zero-order valence-corrected chi connectivity index (χ0v) is 17.8. The van der Waals surface area contributed by atoms with Gasteiger partial charge in [-0.05, 0) is 25.7 Å². The first kappa shape index (κ1) is 21.0. The number of hydrogen-bond acceptors (Lipinski definition) is 9. The Morgan fingerprint density at radius 3 is 2.67 bits per heavy atom. The lowest BCUT2D eigenvalue weighted by molar-refractivity contribution is 0.106. The monoisotopic (exact) mass is 436 g/mol. The summed E-state index contributed by atoms with van der Waals surface area (Å²) in [6.45, 7) is -0.134. The van der Waals surface area contributed by atoms with Crippen molar-refractivity contribution in [2.75, 3.05) is 24.4 Å². The van der Waals surface area contributed by atoms with Gasteiger partial charge in [0.25, 0.3) is 0 Å². The van der Waals surface area contributed by atoms with Gasteiger partial charge >= 0.3 is 0 Å². The molecule has 4 heterocycles. The van der Waals surface area contributed by atoms with Gasteiger partial charge in [0.05, 0.1) is 19.4 Å².